The van der Waals surface area contributed by atoms with Crippen LogP contribution in [0, 0.1) is 26.2 Å². The first-order valence-corrected chi connectivity index (χ1v) is 13.0. The van der Waals surface area contributed by atoms with Crippen LogP contribution in [0.1, 0.15) is 42.1 Å². The zero-order valence-electron chi connectivity index (χ0n) is 21.0. The van der Waals surface area contributed by atoms with Crippen molar-refractivity contribution < 1.29 is 9.53 Å². The molecule has 0 bridgehead atoms. The second kappa shape index (κ2) is 9.78. The summed E-state index contributed by atoms with van der Waals surface area (Å²) in [4.78, 5) is 17.2. The number of nitrogens with one attached hydrogen (secondary N) is 1. The topological polar surface area (TPSA) is 83.0 Å². The van der Waals surface area contributed by atoms with Crippen molar-refractivity contribution in [1.29, 1.82) is 5.41 Å². The highest BCUT2D eigenvalue weighted by Crippen LogP contribution is 2.32. The van der Waals surface area contributed by atoms with E-state index in [0.29, 0.717) is 18.3 Å². The molecule has 184 valence electrons. The highest BCUT2D eigenvalue weighted by Gasteiger charge is 2.35. The second-order valence-electron chi connectivity index (χ2n) is 9.03. The smallest absolute Gasteiger partial charge is 0.283 e. The summed E-state index contributed by atoms with van der Waals surface area (Å²) in [6.45, 7) is 9.46. The quantitative estimate of drug-likeness (QED) is 0.400. The monoisotopic (exact) mass is 499 g/mol. The molecule has 0 saturated carbocycles. The van der Waals surface area contributed by atoms with Crippen LogP contribution in [0.15, 0.2) is 58.1 Å². The van der Waals surface area contributed by atoms with Gasteiger partial charge in [-0.3, -0.25) is 10.2 Å². The van der Waals surface area contributed by atoms with Crippen molar-refractivity contribution >= 4 is 50.7 Å². The maximum Gasteiger partial charge on any atom is 0.283 e. The molecule has 36 heavy (non-hydrogen) atoms. The zero-order chi connectivity index (χ0) is 25.4. The lowest BCUT2D eigenvalue weighted by Crippen LogP contribution is -2.35. The Balaban J connectivity index is 1.45. The zero-order valence-corrected chi connectivity index (χ0v) is 21.8. The molecule has 1 amide bonds. The average molecular weight is 500 g/mol. The molecule has 0 aliphatic carbocycles. The molecule has 0 fully saturated rings. The van der Waals surface area contributed by atoms with Gasteiger partial charge >= 0.3 is 0 Å². The third-order valence-electron chi connectivity index (χ3n) is 6.59. The minimum Gasteiger partial charge on any atom is -0.492 e. The van der Waals surface area contributed by atoms with Gasteiger partial charge in [0.2, 0.25) is 5.17 Å². The van der Waals surface area contributed by atoms with Gasteiger partial charge in [-0.05, 0) is 80.8 Å². The summed E-state index contributed by atoms with van der Waals surface area (Å²) in [7, 11) is 0. The molecular formula is C28H29N5O2S. The number of amidine groups is 2. The van der Waals surface area contributed by atoms with Gasteiger partial charge in [0.1, 0.15) is 17.4 Å². The number of benzene rings is 2. The summed E-state index contributed by atoms with van der Waals surface area (Å²) in [6, 6.07) is 14.2. The molecule has 0 radical (unpaired) electrons. The van der Waals surface area contributed by atoms with E-state index in [4.69, 9.17) is 10.1 Å². The number of amides is 1. The molecule has 8 heteroatoms. The fraction of sp³-hybridized carbons (Fsp3) is 0.286. The highest BCUT2D eigenvalue weighted by molar-refractivity contribution is 8.26. The number of aryl methyl sites for hydroxylation is 2. The molecule has 3 aromatic rings. The van der Waals surface area contributed by atoms with Gasteiger partial charge in [0.15, 0.2) is 5.84 Å². The van der Waals surface area contributed by atoms with Crippen LogP contribution in [0.4, 0.5) is 0 Å². The maximum absolute atomic E-state index is 12.9. The van der Waals surface area contributed by atoms with Crippen LogP contribution in [-0.4, -0.2) is 38.1 Å². The third kappa shape index (κ3) is 4.37. The Morgan fingerprint density at radius 3 is 2.69 bits per heavy atom. The van der Waals surface area contributed by atoms with Gasteiger partial charge in [-0.25, -0.2) is 0 Å². The van der Waals surface area contributed by atoms with Gasteiger partial charge < -0.3 is 9.30 Å². The van der Waals surface area contributed by atoms with Gasteiger partial charge in [-0.1, -0.05) is 31.2 Å². The van der Waals surface area contributed by atoms with Gasteiger partial charge in [0, 0.05) is 22.2 Å². The number of aliphatic imine (C=N–C) groups is 1. The Morgan fingerprint density at radius 2 is 1.92 bits per heavy atom. The number of rotatable bonds is 7. The largest absolute Gasteiger partial charge is 0.492 e. The standard InChI is InChI=1S/C28H29N5O2S/c1-5-8-25-31-33-26(29)23(27(34)30-28(33)36-25)16-22-19(4)32(24-10-7-6-9-21(22)24)13-14-35-20-12-11-17(2)18(3)15-20/h6-7,9-12,15-16,29H,5,8,13-14H2,1-4H3/b23-16-,29-26?. The minimum absolute atomic E-state index is 0.0675. The predicted octanol–water partition coefficient (Wildman–Crippen LogP) is 6.06. The summed E-state index contributed by atoms with van der Waals surface area (Å²) >= 11 is 1.37. The Labute approximate surface area is 215 Å². The summed E-state index contributed by atoms with van der Waals surface area (Å²) in [6.07, 6.45) is 3.54. The lowest BCUT2D eigenvalue weighted by Gasteiger charge is -2.20. The highest BCUT2D eigenvalue weighted by atomic mass is 32.2. The van der Waals surface area contributed by atoms with Crippen LogP contribution in [0.3, 0.4) is 0 Å². The van der Waals surface area contributed by atoms with Crippen molar-refractivity contribution in [1.82, 2.24) is 9.58 Å². The van der Waals surface area contributed by atoms with Crippen LogP contribution in [0.5, 0.6) is 5.75 Å². The predicted molar refractivity (Wildman–Crippen MR) is 148 cm³/mol. The first-order valence-electron chi connectivity index (χ1n) is 12.1. The van der Waals surface area contributed by atoms with Crippen LogP contribution in [-0.2, 0) is 11.3 Å². The molecular weight excluding hydrogens is 470 g/mol. The van der Waals surface area contributed by atoms with Crippen LogP contribution in [0.2, 0.25) is 0 Å². The number of aromatic nitrogens is 1. The van der Waals surface area contributed by atoms with E-state index in [1.54, 1.807) is 6.08 Å². The molecule has 1 N–H and O–H groups in total. The molecule has 0 unspecified atom stereocenters. The molecule has 2 aromatic carbocycles. The fourth-order valence-corrected chi connectivity index (χ4v) is 5.46. The van der Waals surface area contributed by atoms with Crippen molar-refractivity contribution in [2.24, 2.45) is 10.1 Å². The maximum atomic E-state index is 12.9. The number of hydrogen-bond acceptors (Lipinski definition) is 5. The van der Waals surface area contributed by atoms with Gasteiger partial charge in [0.25, 0.3) is 5.91 Å². The SMILES string of the molecule is CCCC1=NN2C(=N)/C(=C/c3c(C)n(CCOc4ccc(C)c(C)c4)c4ccccc34)C(=O)N=C2S1. The summed E-state index contributed by atoms with van der Waals surface area (Å²) in [5.41, 5.74) is 5.67. The van der Waals surface area contributed by atoms with Crippen LogP contribution in [0.25, 0.3) is 17.0 Å². The van der Waals surface area contributed by atoms with Gasteiger partial charge in [0.05, 0.1) is 12.1 Å². The molecule has 3 heterocycles. The van der Waals surface area contributed by atoms with Crippen molar-refractivity contribution in [2.75, 3.05) is 6.61 Å². The molecule has 2 aliphatic rings. The number of thioether (sulfide) groups is 1. The van der Waals surface area contributed by atoms with E-state index in [0.717, 1.165) is 45.8 Å². The number of nitrogens with zero attached hydrogens (tertiary/aromatic N) is 4. The molecule has 0 atom stereocenters. The van der Waals surface area contributed by atoms with E-state index in [9.17, 15) is 4.79 Å². The normalized spacial score (nSPS) is 16.6. The number of hydrazone groups is 1. The summed E-state index contributed by atoms with van der Waals surface area (Å²) in [5, 5.41) is 17.1. The lowest BCUT2D eigenvalue weighted by molar-refractivity contribution is -0.114. The molecule has 5 rings (SSSR count). The van der Waals surface area contributed by atoms with Gasteiger partial charge in [-0.15, -0.1) is 0 Å². The minimum atomic E-state index is -0.402. The van der Waals surface area contributed by atoms with Crippen LogP contribution < -0.4 is 4.74 Å². The Morgan fingerprint density at radius 1 is 1.11 bits per heavy atom. The van der Waals surface area contributed by atoms with Crippen molar-refractivity contribution in [2.45, 2.75) is 47.1 Å². The number of hydrogen-bond donors (Lipinski definition) is 1. The van der Waals surface area contributed by atoms with Crippen LogP contribution >= 0.6 is 11.8 Å². The van der Waals surface area contributed by atoms with E-state index in [-0.39, 0.29) is 11.4 Å². The molecule has 1 aromatic heterocycles. The summed E-state index contributed by atoms with van der Waals surface area (Å²) < 4.78 is 8.26. The Bertz CT molecular complexity index is 1480. The molecule has 0 saturated heterocycles. The molecule has 7 nitrogen and oxygen atoms in total. The number of carbonyl (C=O) groups is 1. The van der Waals surface area contributed by atoms with Gasteiger partial charge in [-0.2, -0.15) is 15.1 Å². The van der Waals surface area contributed by atoms with E-state index >= 15 is 0 Å². The van der Waals surface area contributed by atoms with Crippen molar-refractivity contribution in [3.63, 3.8) is 0 Å². The second-order valence-corrected chi connectivity index (χ2v) is 10.1. The molecule has 2 aliphatic heterocycles. The number of ether oxygens (including phenoxy) is 1. The molecule has 0 spiro atoms. The number of carbonyl (C=O) groups excluding carboxylic acids is 1. The Kier molecular flexibility index (Phi) is 6.53. The lowest BCUT2D eigenvalue weighted by atomic mass is 10.1. The van der Waals surface area contributed by atoms with Crippen molar-refractivity contribution in [3.8, 4) is 5.75 Å². The third-order valence-corrected chi connectivity index (χ3v) is 7.56. The van der Waals surface area contributed by atoms with Crippen molar-refractivity contribution in [3.05, 3.63) is 70.4 Å². The fourth-order valence-electron chi connectivity index (χ4n) is 4.48. The average Bonchev–Trinajstić information content (AvgIpc) is 3.38. The number of para-hydroxylation sites is 1. The Hall–Kier alpha value is -3.65. The first kappa shape index (κ1) is 24.1. The van der Waals surface area contributed by atoms with E-state index in [1.807, 2.05) is 31.2 Å². The first-order chi connectivity index (χ1) is 17.4. The van der Waals surface area contributed by atoms with E-state index < -0.39 is 5.91 Å². The number of fused-ring (bicyclic) bond motifs is 2. The van der Waals surface area contributed by atoms with E-state index in [1.165, 1.54) is 27.9 Å². The summed E-state index contributed by atoms with van der Waals surface area (Å²) in [5.74, 6) is 0.523. The van der Waals surface area contributed by atoms with E-state index in [2.05, 4.69) is 53.6 Å².